The van der Waals surface area contributed by atoms with Crippen LogP contribution in [0.25, 0.3) is 0 Å². The van der Waals surface area contributed by atoms with Gasteiger partial charge in [-0.3, -0.25) is 0 Å². The average Bonchev–Trinajstić information content (AvgIpc) is 2.03. The summed E-state index contributed by atoms with van der Waals surface area (Å²) in [5.41, 5.74) is 5.55. The van der Waals surface area contributed by atoms with Crippen molar-refractivity contribution >= 4 is 11.8 Å². The van der Waals surface area contributed by atoms with Gasteiger partial charge in [-0.05, 0) is 12.0 Å². The van der Waals surface area contributed by atoms with Crippen LogP contribution >= 0.6 is 0 Å². The molecule has 0 saturated heterocycles. The molecule has 4 nitrogen and oxygen atoms in total. The van der Waals surface area contributed by atoms with Crippen LogP contribution in [0.2, 0.25) is 0 Å². The molecule has 13 heavy (non-hydrogen) atoms. The van der Waals surface area contributed by atoms with Crippen molar-refractivity contribution in [3.8, 4) is 0 Å². The van der Waals surface area contributed by atoms with Crippen molar-refractivity contribution in [2.75, 3.05) is 24.2 Å². The third kappa shape index (κ3) is 2.89. The van der Waals surface area contributed by atoms with Crippen molar-refractivity contribution in [1.82, 2.24) is 9.97 Å². The van der Waals surface area contributed by atoms with Crippen molar-refractivity contribution in [3.63, 3.8) is 0 Å². The molecule has 0 aliphatic carbocycles. The van der Waals surface area contributed by atoms with E-state index >= 15 is 0 Å². The quantitative estimate of drug-likeness (QED) is 0.758. The van der Waals surface area contributed by atoms with Crippen LogP contribution in [-0.2, 0) is 0 Å². The number of nitrogens with two attached hydrogens (primary N) is 1. The molecule has 0 aromatic carbocycles. The van der Waals surface area contributed by atoms with E-state index in [-0.39, 0.29) is 0 Å². The summed E-state index contributed by atoms with van der Waals surface area (Å²) in [5, 5.41) is 0. The summed E-state index contributed by atoms with van der Waals surface area (Å²) in [5.74, 6) is 1.80. The van der Waals surface area contributed by atoms with Gasteiger partial charge < -0.3 is 10.6 Å². The van der Waals surface area contributed by atoms with Crippen LogP contribution in [0.4, 0.5) is 11.8 Å². The second-order valence-corrected chi connectivity index (χ2v) is 3.56. The molecule has 1 rings (SSSR count). The second-order valence-electron chi connectivity index (χ2n) is 3.56. The predicted octanol–water partition coefficient (Wildman–Crippen LogP) is 1.15. The van der Waals surface area contributed by atoms with Gasteiger partial charge in [0.05, 0.1) is 0 Å². The molecule has 1 aromatic heterocycles. The molecular formula is C9H16N4. The van der Waals surface area contributed by atoms with Gasteiger partial charge in [0.25, 0.3) is 0 Å². The van der Waals surface area contributed by atoms with Gasteiger partial charge in [0.1, 0.15) is 5.82 Å². The van der Waals surface area contributed by atoms with Crippen LogP contribution in [0.3, 0.4) is 0 Å². The van der Waals surface area contributed by atoms with Gasteiger partial charge in [-0.2, -0.15) is 4.98 Å². The zero-order valence-electron chi connectivity index (χ0n) is 8.36. The summed E-state index contributed by atoms with van der Waals surface area (Å²) in [6, 6.07) is 1.69. The van der Waals surface area contributed by atoms with Crippen LogP contribution in [0.15, 0.2) is 12.3 Å². The van der Waals surface area contributed by atoms with E-state index < -0.39 is 0 Å². The van der Waals surface area contributed by atoms with Gasteiger partial charge in [0, 0.05) is 19.8 Å². The van der Waals surface area contributed by atoms with Gasteiger partial charge in [-0.25, -0.2) is 4.98 Å². The lowest BCUT2D eigenvalue weighted by Crippen LogP contribution is -2.24. The minimum absolute atomic E-state index is 0.514. The molecule has 0 bridgehead atoms. The molecule has 1 heterocycles. The Morgan fingerprint density at radius 3 is 2.77 bits per heavy atom. The van der Waals surface area contributed by atoms with Crippen LogP contribution in [-0.4, -0.2) is 23.6 Å². The molecule has 0 aliphatic rings. The predicted molar refractivity (Wildman–Crippen MR) is 54.6 cm³/mol. The first-order valence-corrected chi connectivity index (χ1v) is 4.39. The molecule has 0 radical (unpaired) electrons. The zero-order chi connectivity index (χ0) is 9.84. The topological polar surface area (TPSA) is 55.0 Å². The van der Waals surface area contributed by atoms with Crippen molar-refractivity contribution in [3.05, 3.63) is 12.3 Å². The molecule has 1 aromatic rings. The normalized spacial score (nSPS) is 10.5. The Bertz CT molecular complexity index is 272. The first-order chi connectivity index (χ1) is 6.09. The number of hydrogen-bond acceptors (Lipinski definition) is 4. The molecule has 0 unspecified atom stereocenters. The Balaban J connectivity index is 2.71. The minimum atomic E-state index is 0.514. The zero-order valence-corrected chi connectivity index (χ0v) is 8.36. The standard InChI is InChI=1S/C9H16N4/c1-7(2)6-13(3)9-11-5-4-8(10)12-9/h4-5,7H,6H2,1-3H3,(H2,10,11,12). The third-order valence-electron chi connectivity index (χ3n) is 1.64. The fourth-order valence-corrected chi connectivity index (χ4v) is 1.18. The number of nitrogen functional groups attached to an aromatic ring is 1. The fraction of sp³-hybridized carbons (Fsp3) is 0.556. The summed E-state index contributed by atoms with van der Waals surface area (Å²) in [6.45, 7) is 5.25. The minimum Gasteiger partial charge on any atom is -0.384 e. The monoisotopic (exact) mass is 180 g/mol. The number of nitrogens with zero attached hydrogens (tertiary/aromatic N) is 3. The van der Waals surface area contributed by atoms with Crippen molar-refractivity contribution in [2.24, 2.45) is 5.92 Å². The highest BCUT2D eigenvalue weighted by Crippen LogP contribution is 2.08. The molecule has 2 N–H and O–H groups in total. The maximum absolute atomic E-state index is 5.55. The molecule has 0 saturated carbocycles. The van der Waals surface area contributed by atoms with Crippen molar-refractivity contribution in [1.29, 1.82) is 0 Å². The number of rotatable bonds is 3. The number of hydrogen-bond donors (Lipinski definition) is 1. The van der Waals surface area contributed by atoms with Gasteiger partial charge in [0.2, 0.25) is 5.95 Å². The van der Waals surface area contributed by atoms with Crippen LogP contribution < -0.4 is 10.6 Å². The summed E-state index contributed by atoms with van der Waals surface area (Å²) >= 11 is 0. The van der Waals surface area contributed by atoms with Gasteiger partial charge in [-0.15, -0.1) is 0 Å². The van der Waals surface area contributed by atoms with E-state index in [9.17, 15) is 0 Å². The highest BCUT2D eigenvalue weighted by atomic mass is 15.2. The summed E-state index contributed by atoms with van der Waals surface area (Å²) in [4.78, 5) is 10.2. The Hall–Kier alpha value is -1.32. The summed E-state index contributed by atoms with van der Waals surface area (Å²) in [6.07, 6.45) is 1.68. The van der Waals surface area contributed by atoms with Gasteiger partial charge >= 0.3 is 0 Å². The fourth-order valence-electron chi connectivity index (χ4n) is 1.18. The molecule has 72 valence electrons. The lowest BCUT2D eigenvalue weighted by Gasteiger charge is -2.18. The summed E-state index contributed by atoms with van der Waals surface area (Å²) < 4.78 is 0. The van der Waals surface area contributed by atoms with E-state index in [1.165, 1.54) is 0 Å². The highest BCUT2D eigenvalue weighted by Gasteiger charge is 2.05. The van der Waals surface area contributed by atoms with Gasteiger partial charge in [-0.1, -0.05) is 13.8 Å². The molecule has 4 heteroatoms. The molecule has 0 amide bonds. The maximum atomic E-state index is 5.55. The van der Waals surface area contributed by atoms with E-state index in [1.54, 1.807) is 12.3 Å². The maximum Gasteiger partial charge on any atom is 0.226 e. The molecular weight excluding hydrogens is 164 g/mol. The second kappa shape index (κ2) is 4.07. The number of aromatic nitrogens is 2. The highest BCUT2D eigenvalue weighted by molar-refractivity contribution is 5.36. The van der Waals surface area contributed by atoms with E-state index in [0.717, 1.165) is 6.54 Å². The molecule has 0 atom stereocenters. The molecule has 0 aliphatic heterocycles. The Morgan fingerprint density at radius 1 is 1.54 bits per heavy atom. The van der Waals surface area contributed by atoms with E-state index in [2.05, 4.69) is 23.8 Å². The van der Waals surface area contributed by atoms with Crippen LogP contribution in [0.1, 0.15) is 13.8 Å². The van der Waals surface area contributed by atoms with Crippen LogP contribution in [0.5, 0.6) is 0 Å². The van der Waals surface area contributed by atoms with Gasteiger partial charge in [0.15, 0.2) is 0 Å². The average molecular weight is 180 g/mol. The number of anilines is 2. The lowest BCUT2D eigenvalue weighted by molar-refractivity contribution is 0.630. The SMILES string of the molecule is CC(C)CN(C)c1nccc(N)n1. The smallest absolute Gasteiger partial charge is 0.226 e. The Morgan fingerprint density at radius 2 is 2.23 bits per heavy atom. The first-order valence-electron chi connectivity index (χ1n) is 4.39. The molecule has 0 fully saturated rings. The van der Waals surface area contributed by atoms with Crippen molar-refractivity contribution < 1.29 is 0 Å². The van der Waals surface area contributed by atoms with Crippen LogP contribution in [0, 0.1) is 5.92 Å². The van der Waals surface area contributed by atoms with E-state index in [0.29, 0.717) is 17.7 Å². The molecule has 0 spiro atoms. The Labute approximate surface area is 78.8 Å². The van der Waals surface area contributed by atoms with E-state index in [1.807, 2.05) is 11.9 Å². The lowest BCUT2D eigenvalue weighted by atomic mass is 10.2. The largest absolute Gasteiger partial charge is 0.384 e. The van der Waals surface area contributed by atoms with Crippen molar-refractivity contribution in [2.45, 2.75) is 13.8 Å². The third-order valence-corrected chi connectivity index (χ3v) is 1.64. The van der Waals surface area contributed by atoms with E-state index in [4.69, 9.17) is 5.73 Å². The first kappa shape index (κ1) is 9.77. The Kier molecular flexibility index (Phi) is 3.06. The summed E-state index contributed by atoms with van der Waals surface area (Å²) in [7, 11) is 1.97.